The van der Waals surface area contributed by atoms with Gasteiger partial charge in [-0.1, -0.05) is 0 Å². The molecule has 2 N–H and O–H groups in total. The first-order chi connectivity index (χ1) is 8.86. The van der Waals surface area contributed by atoms with Gasteiger partial charge in [0, 0.05) is 14.1 Å². The number of nitrogens with one attached hydrogen (secondary N) is 1. The van der Waals surface area contributed by atoms with Gasteiger partial charge in [0.2, 0.25) is 5.91 Å². The number of nitro groups is 1. The van der Waals surface area contributed by atoms with Crippen molar-refractivity contribution in [3.8, 4) is 0 Å². The molecule has 102 valence electrons. The molecule has 1 heterocycles. The molecule has 0 bridgehead atoms. The molecule has 0 unspecified atom stereocenters. The maximum atomic E-state index is 11.2. The van der Waals surface area contributed by atoms with E-state index in [1.54, 1.807) is 0 Å². The highest BCUT2D eigenvalue weighted by atomic mass is 16.6. The largest absolute Gasteiger partial charge is 0.478 e. The number of carboxylic acid groups (broad SMARTS) is 1. The second-order valence-electron chi connectivity index (χ2n) is 3.65. The predicted molar refractivity (Wildman–Crippen MR) is 65.2 cm³/mol. The van der Waals surface area contributed by atoms with Gasteiger partial charge in [0.15, 0.2) is 6.20 Å². The van der Waals surface area contributed by atoms with Crippen LogP contribution in [0.1, 0.15) is 10.4 Å². The van der Waals surface area contributed by atoms with Crippen LogP contribution >= 0.6 is 0 Å². The van der Waals surface area contributed by atoms with Gasteiger partial charge in [0.05, 0.1) is 23.9 Å². The smallest absolute Gasteiger partial charge is 0.364 e. The predicted octanol–water partition coefficient (Wildman–Crippen LogP) is -0.130. The van der Waals surface area contributed by atoms with E-state index in [1.165, 1.54) is 19.0 Å². The van der Waals surface area contributed by atoms with Crippen molar-refractivity contribution in [3.05, 3.63) is 27.9 Å². The number of carbonyl (C=O) groups is 2. The molecule has 0 aliphatic heterocycles. The Morgan fingerprint density at radius 1 is 1.58 bits per heavy atom. The van der Waals surface area contributed by atoms with Crippen LogP contribution in [0.4, 0.5) is 11.5 Å². The van der Waals surface area contributed by atoms with Gasteiger partial charge in [-0.15, -0.1) is 0 Å². The molecule has 1 aromatic heterocycles. The van der Waals surface area contributed by atoms with E-state index in [9.17, 15) is 19.7 Å². The monoisotopic (exact) mass is 268 g/mol. The molecule has 1 amide bonds. The fourth-order valence-electron chi connectivity index (χ4n) is 1.39. The fraction of sp³-hybridized carbons (Fsp3) is 0.300. The van der Waals surface area contributed by atoms with Gasteiger partial charge in [0.1, 0.15) is 0 Å². The first-order valence-corrected chi connectivity index (χ1v) is 5.16. The number of hydrogen-bond acceptors (Lipinski definition) is 6. The summed E-state index contributed by atoms with van der Waals surface area (Å²) in [6, 6.07) is 0.859. The molecule has 0 radical (unpaired) electrons. The number of aromatic nitrogens is 1. The first kappa shape index (κ1) is 14.4. The Morgan fingerprint density at radius 2 is 2.21 bits per heavy atom. The van der Waals surface area contributed by atoms with Crippen molar-refractivity contribution in [1.29, 1.82) is 0 Å². The van der Waals surface area contributed by atoms with Crippen LogP contribution in [-0.4, -0.2) is 47.5 Å². The number of aromatic carboxylic acids is 1. The van der Waals surface area contributed by atoms with Crippen LogP contribution in [0, 0.1) is 10.1 Å². The summed E-state index contributed by atoms with van der Waals surface area (Å²) in [4.78, 5) is 37.0. The Morgan fingerprint density at radius 3 is 2.68 bits per heavy atom. The molecule has 0 spiro atoms. The molecule has 0 aliphatic carbocycles. The standard InChI is InChI=1S/C10H12N4O5/c1-11-9(15)5-13(2)7-4-12-8(14(18)19)3-6(7)10(16)17/h3-4H,5H2,1-2H3,(H,11,15)(H,16,17). The van der Waals surface area contributed by atoms with Gasteiger partial charge in [0.25, 0.3) is 0 Å². The number of carbonyl (C=O) groups excluding carboxylic acids is 1. The highest BCUT2D eigenvalue weighted by molar-refractivity contribution is 5.95. The first-order valence-electron chi connectivity index (χ1n) is 5.16. The van der Waals surface area contributed by atoms with E-state index in [0.29, 0.717) is 0 Å². The number of carboxylic acids is 1. The summed E-state index contributed by atoms with van der Waals surface area (Å²) in [6.07, 6.45) is 1.06. The molecule has 0 saturated carbocycles. The zero-order valence-corrected chi connectivity index (χ0v) is 10.3. The van der Waals surface area contributed by atoms with Gasteiger partial charge >= 0.3 is 11.8 Å². The molecular formula is C10H12N4O5. The second kappa shape index (κ2) is 5.76. The van der Waals surface area contributed by atoms with E-state index >= 15 is 0 Å². The summed E-state index contributed by atoms with van der Waals surface area (Å²) in [5.41, 5.74) is -0.158. The molecular weight excluding hydrogens is 256 g/mol. The lowest BCUT2D eigenvalue weighted by Crippen LogP contribution is -2.33. The zero-order chi connectivity index (χ0) is 14.6. The molecule has 1 aromatic rings. The summed E-state index contributed by atoms with van der Waals surface area (Å²) in [5, 5.41) is 22.0. The molecule has 0 aliphatic rings. The Balaban J connectivity index is 3.16. The summed E-state index contributed by atoms with van der Waals surface area (Å²) in [5.74, 6) is -2.21. The second-order valence-corrected chi connectivity index (χ2v) is 3.65. The third kappa shape index (κ3) is 3.37. The number of anilines is 1. The average Bonchev–Trinajstić information content (AvgIpc) is 2.37. The van der Waals surface area contributed by atoms with Crippen molar-refractivity contribution in [1.82, 2.24) is 10.3 Å². The Bertz CT molecular complexity index is 531. The van der Waals surface area contributed by atoms with E-state index in [1.807, 2.05) is 0 Å². The molecule has 0 atom stereocenters. The highest BCUT2D eigenvalue weighted by Crippen LogP contribution is 2.22. The molecule has 0 saturated heterocycles. The van der Waals surface area contributed by atoms with Crippen LogP contribution < -0.4 is 10.2 Å². The lowest BCUT2D eigenvalue weighted by atomic mass is 10.2. The number of hydrogen-bond donors (Lipinski definition) is 2. The van der Waals surface area contributed by atoms with Gasteiger partial charge in [-0.2, -0.15) is 0 Å². The van der Waals surface area contributed by atoms with Crippen LogP contribution in [0.5, 0.6) is 0 Å². The molecule has 0 aromatic carbocycles. The van der Waals surface area contributed by atoms with Crippen molar-refractivity contribution in [2.24, 2.45) is 0 Å². The van der Waals surface area contributed by atoms with Gasteiger partial charge < -0.3 is 25.4 Å². The van der Waals surface area contributed by atoms with E-state index in [4.69, 9.17) is 5.11 Å². The van der Waals surface area contributed by atoms with E-state index in [2.05, 4.69) is 10.3 Å². The third-order valence-corrected chi connectivity index (χ3v) is 2.36. The maximum absolute atomic E-state index is 11.2. The number of likely N-dealkylation sites (N-methyl/N-ethyl adjacent to an activating group) is 2. The minimum absolute atomic E-state index is 0.0870. The van der Waals surface area contributed by atoms with Crippen LogP contribution in [-0.2, 0) is 4.79 Å². The van der Waals surface area contributed by atoms with Crippen molar-refractivity contribution < 1.29 is 19.6 Å². The maximum Gasteiger partial charge on any atom is 0.364 e. The van der Waals surface area contributed by atoms with Crippen molar-refractivity contribution in [2.45, 2.75) is 0 Å². The molecule has 19 heavy (non-hydrogen) atoms. The quantitative estimate of drug-likeness (QED) is 0.562. The van der Waals surface area contributed by atoms with Crippen molar-refractivity contribution in [3.63, 3.8) is 0 Å². The SMILES string of the molecule is CNC(=O)CN(C)c1cnc([N+](=O)[O-])cc1C(=O)O. The number of rotatable bonds is 5. The molecule has 9 heteroatoms. The molecule has 9 nitrogen and oxygen atoms in total. The van der Waals surface area contributed by atoms with Gasteiger partial charge in [-0.05, 0) is 9.91 Å². The lowest BCUT2D eigenvalue weighted by Gasteiger charge is -2.18. The normalized spacial score (nSPS) is 9.79. The Kier molecular flexibility index (Phi) is 4.35. The summed E-state index contributed by atoms with van der Waals surface area (Å²) in [6.45, 7) is -0.0870. The lowest BCUT2D eigenvalue weighted by molar-refractivity contribution is -0.389. The highest BCUT2D eigenvalue weighted by Gasteiger charge is 2.21. The Labute approximate surface area is 108 Å². The third-order valence-electron chi connectivity index (χ3n) is 2.36. The van der Waals surface area contributed by atoms with E-state index in [-0.39, 0.29) is 23.7 Å². The van der Waals surface area contributed by atoms with Crippen molar-refractivity contribution >= 4 is 23.4 Å². The fourth-order valence-corrected chi connectivity index (χ4v) is 1.39. The van der Waals surface area contributed by atoms with Crippen molar-refractivity contribution in [2.75, 3.05) is 25.5 Å². The number of nitrogens with zero attached hydrogens (tertiary/aromatic N) is 3. The minimum atomic E-state index is -1.33. The van der Waals surface area contributed by atoms with Gasteiger partial charge in [-0.25, -0.2) is 4.79 Å². The average molecular weight is 268 g/mol. The van der Waals surface area contributed by atoms with E-state index in [0.717, 1.165) is 12.3 Å². The van der Waals surface area contributed by atoms with Crippen LogP contribution in [0.3, 0.4) is 0 Å². The summed E-state index contributed by atoms with van der Waals surface area (Å²) >= 11 is 0. The summed E-state index contributed by atoms with van der Waals surface area (Å²) in [7, 11) is 2.94. The van der Waals surface area contributed by atoms with Crippen LogP contribution in [0.25, 0.3) is 0 Å². The van der Waals surface area contributed by atoms with Gasteiger partial charge in [-0.3, -0.25) is 4.79 Å². The topological polar surface area (TPSA) is 126 Å². The molecule has 0 fully saturated rings. The molecule has 1 rings (SSSR count). The van der Waals surface area contributed by atoms with Crippen LogP contribution in [0.15, 0.2) is 12.3 Å². The number of amides is 1. The minimum Gasteiger partial charge on any atom is -0.478 e. The number of pyridine rings is 1. The van der Waals surface area contributed by atoms with Crippen LogP contribution in [0.2, 0.25) is 0 Å². The van der Waals surface area contributed by atoms with E-state index < -0.39 is 16.7 Å². The zero-order valence-electron chi connectivity index (χ0n) is 10.3. The summed E-state index contributed by atoms with van der Waals surface area (Å²) < 4.78 is 0. The Hall–Kier alpha value is -2.71.